The summed E-state index contributed by atoms with van der Waals surface area (Å²) in [4.78, 5) is 11.9. The average molecular weight is 168 g/mol. The van der Waals surface area contributed by atoms with E-state index >= 15 is 0 Å². The first-order chi connectivity index (χ1) is 5.65. The van der Waals surface area contributed by atoms with Crippen LogP contribution in [0.4, 0.5) is 15.8 Å². The van der Waals surface area contributed by atoms with Gasteiger partial charge in [0.25, 0.3) is 0 Å². The molecule has 0 saturated heterocycles. The van der Waals surface area contributed by atoms with E-state index in [-0.39, 0.29) is 5.69 Å². The zero-order valence-corrected chi connectivity index (χ0v) is 5.77. The predicted octanol–water partition coefficient (Wildman–Crippen LogP) is 2.22. The number of nitrogens with zero attached hydrogens (tertiary/aromatic N) is 3. The van der Waals surface area contributed by atoms with E-state index < -0.39 is 16.4 Å². The van der Waals surface area contributed by atoms with Crippen LogP contribution in [0.3, 0.4) is 0 Å². The molecule has 0 aliphatic carbocycles. The van der Waals surface area contributed by atoms with Crippen LogP contribution in [-0.2, 0) is 0 Å². The normalized spacial score (nSPS) is 9.00. The van der Waals surface area contributed by atoms with Crippen LogP contribution in [0.25, 0.3) is 4.98 Å². The summed E-state index contributed by atoms with van der Waals surface area (Å²) in [5.74, 6) is -0.951. The van der Waals surface area contributed by atoms with E-state index in [0.717, 1.165) is 18.2 Å². The molecule has 0 radical (unpaired) electrons. The fourth-order valence-corrected chi connectivity index (χ4v) is 0.703. The number of halogens is 1. The fourth-order valence-electron chi connectivity index (χ4n) is 0.703. The van der Waals surface area contributed by atoms with Gasteiger partial charge in [-0.15, -0.1) is 0 Å². The number of hydrogen-bond acceptors (Lipinski definition) is 3. The van der Waals surface area contributed by atoms with E-state index in [2.05, 4.69) is 4.98 Å². The second kappa shape index (κ2) is 2.92. The van der Waals surface area contributed by atoms with Crippen LogP contribution in [0, 0.1) is 21.3 Å². The molecule has 1 rings (SSSR count). The highest BCUT2D eigenvalue weighted by molar-refractivity contribution is 5.51. The Kier molecular flexibility index (Phi) is 1.96. The lowest BCUT2D eigenvalue weighted by atomic mass is 10.3. The Bertz CT molecular complexity index is 372. The lowest BCUT2D eigenvalue weighted by Gasteiger charge is -1.88. The molecule has 0 N–H and O–H groups in total. The van der Waals surface area contributed by atoms with E-state index in [1.165, 1.54) is 0 Å². The van der Waals surface area contributed by atoms with Crippen LogP contribution in [0.5, 0.6) is 0 Å². The van der Waals surface area contributed by atoms with Crippen LogP contribution in [-0.4, -0.2) is 4.92 Å². The highest BCUT2D eigenvalue weighted by Crippen LogP contribution is 2.22. The van der Waals surface area contributed by atoms with Crippen LogP contribution in [0.2, 0.25) is 0 Å². The standard InChI is InChI=1S/C6H3FN3O2/c7-5-2-1-4(9-8)3-6(5)10(11)12/h1-3H/q+1. The molecule has 0 fully saturated rings. The summed E-state index contributed by atoms with van der Waals surface area (Å²) in [6, 6.07) is 2.84. The molecular formula is C6H3FN3O2+. The minimum atomic E-state index is -0.951. The Balaban J connectivity index is 3.28. The minimum absolute atomic E-state index is 0.0527. The number of benzene rings is 1. The monoisotopic (exact) mass is 168 g/mol. The third-order valence-electron chi connectivity index (χ3n) is 1.24. The van der Waals surface area contributed by atoms with Crippen molar-refractivity contribution in [1.82, 2.24) is 0 Å². The van der Waals surface area contributed by atoms with E-state index in [9.17, 15) is 14.5 Å². The molecule has 0 amide bonds. The summed E-state index contributed by atoms with van der Waals surface area (Å²) in [5.41, 5.74) is -0.756. The van der Waals surface area contributed by atoms with Crippen molar-refractivity contribution < 1.29 is 9.31 Å². The molecule has 0 heterocycles. The van der Waals surface area contributed by atoms with Crippen LogP contribution in [0.15, 0.2) is 18.2 Å². The number of diazo groups is 1. The number of hydrogen-bond donors (Lipinski definition) is 0. The van der Waals surface area contributed by atoms with Crippen molar-refractivity contribution >= 4 is 11.4 Å². The van der Waals surface area contributed by atoms with Crippen molar-refractivity contribution in [2.75, 3.05) is 0 Å². The molecule has 0 unspecified atom stereocenters. The van der Waals surface area contributed by atoms with Gasteiger partial charge in [0, 0.05) is 6.07 Å². The Hall–Kier alpha value is -2.03. The van der Waals surface area contributed by atoms with Crippen molar-refractivity contribution in [3.63, 3.8) is 0 Å². The Morgan fingerprint density at radius 2 is 2.25 bits per heavy atom. The summed E-state index contributed by atoms with van der Waals surface area (Å²) < 4.78 is 12.6. The van der Waals surface area contributed by atoms with E-state index in [4.69, 9.17) is 5.39 Å². The first kappa shape index (κ1) is 8.07. The van der Waals surface area contributed by atoms with Gasteiger partial charge in [0.2, 0.25) is 11.2 Å². The Morgan fingerprint density at radius 1 is 1.58 bits per heavy atom. The van der Waals surface area contributed by atoms with Gasteiger partial charge in [-0.3, -0.25) is 10.1 Å². The molecule has 6 heteroatoms. The van der Waals surface area contributed by atoms with Crippen molar-refractivity contribution in [2.24, 2.45) is 0 Å². The van der Waals surface area contributed by atoms with Gasteiger partial charge in [0.1, 0.15) is 6.07 Å². The third-order valence-corrected chi connectivity index (χ3v) is 1.24. The maximum absolute atomic E-state index is 12.6. The molecule has 1 aromatic carbocycles. The number of rotatable bonds is 1. The predicted molar refractivity (Wildman–Crippen MR) is 37.8 cm³/mol. The highest BCUT2D eigenvalue weighted by atomic mass is 19.1. The van der Waals surface area contributed by atoms with Crippen LogP contribution >= 0.6 is 0 Å². The summed E-state index contributed by atoms with van der Waals surface area (Å²) in [6.45, 7) is 0. The zero-order chi connectivity index (χ0) is 9.14. The highest BCUT2D eigenvalue weighted by Gasteiger charge is 2.18. The first-order valence-corrected chi connectivity index (χ1v) is 2.94. The van der Waals surface area contributed by atoms with Crippen molar-refractivity contribution in [3.8, 4) is 0 Å². The Labute approximate surface area is 66.2 Å². The van der Waals surface area contributed by atoms with Gasteiger partial charge in [-0.25, -0.2) is 0 Å². The summed E-state index contributed by atoms with van der Waals surface area (Å²) in [5, 5.41) is 18.3. The molecule has 0 spiro atoms. The first-order valence-electron chi connectivity index (χ1n) is 2.94. The molecule has 0 bridgehead atoms. The second-order valence-electron chi connectivity index (χ2n) is 1.99. The van der Waals surface area contributed by atoms with Gasteiger partial charge in [-0.05, 0) is 6.07 Å². The number of nitro benzene ring substituents is 1. The summed E-state index contributed by atoms with van der Waals surface area (Å²) in [7, 11) is 0. The zero-order valence-electron chi connectivity index (χ0n) is 5.77. The largest absolute Gasteiger partial charge is 0.392 e. The lowest BCUT2D eigenvalue weighted by molar-refractivity contribution is -0.387. The lowest BCUT2D eigenvalue weighted by Crippen LogP contribution is -1.90. The van der Waals surface area contributed by atoms with Crippen molar-refractivity contribution in [2.45, 2.75) is 0 Å². The number of nitro groups is 1. The molecule has 0 aromatic heterocycles. The van der Waals surface area contributed by atoms with E-state index in [1.807, 2.05) is 0 Å². The maximum Gasteiger partial charge on any atom is 0.392 e. The topological polar surface area (TPSA) is 71.3 Å². The summed E-state index contributed by atoms with van der Waals surface area (Å²) >= 11 is 0. The molecule has 0 aliphatic heterocycles. The van der Waals surface area contributed by atoms with Crippen LogP contribution in [0.1, 0.15) is 0 Å². The van der Waals surface area contributed by atoms with Gasteiger partial charge in [0.05, 0.1) is 4.92 Å². The fraction of sp³-hybridized carbons (Fsp3) is 0. The van der Waals surface area contributed by atoms with Crippen molar-refractivity contribution in [3.05, 3.63) is 39.1 Å². The molecule has 5 nitrogen and oxygen atoms in total. The van der Waals surface area contributed by atoms with E-state index in [0.29, 0.717) is 0 Å². The molecule has 0 saturated carbocycles. The van der Waals surface area contributed by atoms with Gasteiger partial charge < -0.3 is 0 Å². The molecule has 60 valence electrons. The molecular weight excluding hydrogens is 165 g/mol. The van der Waals surface area contributed by atoms with Gasteiger partial charge in [0.15, 0.2) is 4.98 Å². The average Bonchev–Trinajstić information content (AvgIpc) is 2.05. The molecule has 0 atom stereocenters. The second-order valence-corrected chi connectivity index (χ2v) is 1.99. The minimum Gasteiger partial charge on any atom is -0.258 e. The quantitative estimate of drug-likeness (QED) is 0.366. The Morgan fingerprint density at radius 3 is 2.75 bits per heavy atom. The molecule has 12 heavy (non-hydrogen) atoms. The third kappa shape index (κ3) is 1.34. The van der Waals surface area contributed by atoms with Crippen molar-refractivity contribution in [1.29, 1.82) is 5.39 Å². The summed E-state index contributed by atoms with van der Waals surface area (Å²) in [6.07, 6.45) is 0. The van der Waals surface area contributed by atoms with E-state index in [1.54, 1.807) is 0 Å². The SMILES string of the molecule is N#[N+]c1ccc(F)c([N+](=O)[O-])c1. The van der Waals surface area contributed by atoms with Gasteiger partial charge >= 0.3 is 11.4 Å². The molecule has 1 aromatic rings. The van der Waals surface area contributed by atoms with Gasteiger partial charge in [-0.2, -0.15) is 4.39 Å². The van der Waals surface area contributed by atoms with Gasteiger partial charge in [-0.1, -0.05) is 0 Å². The van der Waals surface area contributed by atoms with Crippen LogP contribution < -0.4 is 0 Å². The maximum atomic E-state index is 12.6. The molecule has 0 aliphatic rings. The smallest absolute Gasteiger partial charge is 0.258 e.